The van der Waals surface area contributed by atoms with Crippen molar-refractivity contribution in [1.82, 2.24) is 9.88 Å². The fourth-order valence-electron chi connectivity index (χ4n) is 2.17. The summed E-state index contributed by atoms with van der Waals surface area (Å²) in [5.41, 5.74) is 1.07. The van der Waals surface area contributed by atoms with Crippen molar-refractivity contribution in [2.24, 2.45) is 0 Å². The third kappa shape index (κ3) is 3.49. The molecule has 0 radical (unpaired) electrons. The van der Waals surface area contributed by atoms with Crippen molar-refractivity contribution >= 4 is 5.82 Å². The van der Waals surface area contributed by atoms with E-state index in [0.717, 1.165) is 18.1 Å². The van der Waals surface area contributed by atoms with E-state index < -0.39 is 0 Å². The van der Waals surface area contributed by atoms with Gasteiger partial charge in [-0.05, 0) is 58.0 Å². The predicted octanol–water partition coefficient (Wildman–Crippen LogP) is 2.29. The molecule has 1 fully saturated rings. The molecule has 1 saturated heterocycles. The summed E-state index contributed by atoms with van der Waals surface area (Å²) in [5.74, 6) is 1.00. The summed E-state index contributed by atoms with van der Waals surface area (Å²) in [7, 11) is 0. The number of nitrogens with one attached hydrogen (secondary N) is 1. The molecule has 1 aromatic heterocycles. The van der Waals surface area contributed by atoms with E-state index in [1.165, 1.54) is 38.9 Å². The number of aryl methyl sites for hydroxylation is 1. The fourth-order valence-corrected chi connectivity index (χ4v) is 2.17. The van der Waals surface area contributed by atoms with Gasteiger partial charge >= 0.3 is 0 Å². The molecule has 0 atom stereocenters. The van der Waals surface area contributed by atoms with Crippen molar-refractivity contribution in [3.8, 4) is 0 Å². The molecule has 0 aliphatic carbocycles. The molecular weight excluding hydrogens is 198 g/mol. The van der Waals surface area contributed by atoms with E-state index in [-0.39, 0.29) is 0 Å². The van der Waals surface area contributed by atoms with Crippen LogP contribution in [0, 0.1) is 6.92 Å². The van der Waals surface area contributed by atoms with Gasteiger partial charge in [0.15, 0.2) is 0 Å². The third-order valence-electron chi connectivity index (χ3n) is 3.04. The van der Waals surface area contributed by atoms with Gasteiger partial charge in [-0.1, -0.05) is 6.07 Å². The summed E-state index contributed by atoms with van der Waals surface area (Å²) in [6.07, 6.45) is 3.97. The third-order valence-corrected chi connectivity index (χ3v) is 3.04. The molecule has 1 aliphatic heterocycles. The summed E-state index contributed by atoms with van der Waals surface area (Å²) in [5, 5.41) is 3.37. The number of rotatable bonds is 5. The van der Waals surface area contributed by atoms with Gasteiger partial charge in [-0.3, -0.25) is 0 Å². The van der Waals surface area contributed by atoms with Crippen LogP contribution >= 0.6 is 0 Å². The van der Waals surface area contributed by atoms with E-state index in [4.69, 9.17) is 0 Å². The first kappa shape index (κ1) is 11.4. The Bertz CT molecular complexity index is 319. The maximum atomic E-state index is 4.42. The molecule has 0 saturated carbocycles. The Balaban J connectivity index is 1.64. The first-order valence-corrected chi connectivity index (χ1v) is 6.24. The average molecular weight is 219 g/mol. The van der Waals surface area contributed by atoms with Gasteiger partial charge in [-0.2, -0.15) is 0 Å². The van der Waals surface area contributed by atoms with E-state index in [2.05, 4.69) is 15.2 Å². The maximum Gasteiger partial charge on any atom is 0.126 e. The number of hydrogen-bond acceptors (Lipinski definition) is 3. The molecule has 1 aliphatic rings. The molecule has 0 aromatic carbocycles. The minimum absolute atomic E-state index is 1.00. The van der Waals surface area contributed by atoms with Crippen LogP contribution in [0.2, 0.25) is 0 Å². The Hall–Kier alpha value is -1.09. The molecule has 0 amide bonds. The highest BCUT2D eigenvalue weighted by molar-refractivity contribution is 5.34. The molecule has 0 unspecified atom stereocenters. The monoisotopic (exact) mass is 219 g/mol. The van der Waals surface area contributed by atoms with E-state index >= 15 is 0 Å². The largest absolute Gasteiger partial charge is 0.370 e. The molecule has 0 bridgehead atoms. The summed E-state index contributed by atoms with van der Waals surface area (Å²) in [4.78, 5) is 6.96. The zero-order valence-corrected chi connectivity index (χ0v) is 10.1. The van der Waals surface area contributed by atoms with Crippen LogP contribution in [0.3, 0.4) is 0 Å². The Morgan fingerprint density at radius 1 is 1.31 bits per heavy atom. The SMILES string of the molecule is Cc1cccc(NCCCN2CCCC2)n1. The van der Waals surface area contributed by atoms with E-state index in [1.807, 2.05) is 25.1 Å². The van der Waals surface area contributed by atoms with Crippen molar-refractivity contribution < 1.29 is 0 Å². The summed E-state index contributed by atoms with van der Waals surface area (Å²) >= 11 is 0. The van der Waals surface area contributed by atoms with Gasteiger partial charge in [0.05, 0.1) is 0 Å². The van der Waals surface area contributed by atoms with Crippen LogP contribution < -0.4 is 5.32 Å². The van der Waals surface area contributed by atoms with Gasteiger partial charge in [0, 0.05) is 12.2 Å². The Morgan fingerprint density at radius 2 is 2.12 bits per heavy atom. The number of aromatic nitrogens is 1. The summed E-state index contributed by atoms with van der Waals surface area (Å²) in [6, 6.07) is 6.10. The van der Waals surface area contributed by atoms with Crippen LogP contribution in [0.25, 0.3) is 0 Å². The van der Waals surface area contributed by atoms with E-state index in [1.54, 1.807) is 0 Å². The Kier molecular flexibility index (Phi) is 4.17. The molecule has 88 valence electrons. The molecule has 0 spiro atoms. The number of anilines is 1. The van der Waals surface area contributed by atoms with Gasteiger partial charge in [-0.25, -0.2) is 4.98 Å². The Labute approximate surface area is 97.9 Å². The smallest absolute Gasteiger partial charge is 0.126 e. The van der Waals surface area contributed by atoms with Crippen LogP contribution in [0.5, 0.6) is 0 Å². The average Bonchev–Trinajstić information content (AvgIpc) is 2.77. The van der Waals surface area contributed by atoms with E-state index in [0.29, 0.717) is 0 Å². The first-order valence-electron chi connectivity index (χ1n) is 6.24. The van der Waals surface area contributed by atoms with Crippen molar-refractivity contribution in [2.75, 3.05) is 31.5 Å². The molecule has 1 N–H and O–H groups in total. The minimum atomic E-state index is 1.00. The number of hydrogen-bond donors (Lipinski definition) is 1. The molecule has 3 heteroatoms. The minimum Gasteiger partial charge on any atom is -0.370 e. The summed E-state index contributed by atoms with van der Waals surface area (Å²) in [6.45, 7) is 6.85. The highest BCUT2D eigenvalue weighted by Crippen LogP contribution is 2.08. The highest BCUT2D eigenvalue weighted by Gasteiger charge is 2.09. The Morgan fingerprint density at radius 3 is 2.88 bits per heavy atom. The second kappa shape index (κ2) is 5.85. The fraction of sp³-hybridized carbons (Fsp3) is 0.615. The normalized spacial score (nSPS) is 16.6. The van der Waals surface area contributed by atoms with Crippen LogP contribution in [0.1, 0.15) is 25.0 Å². The van der Waals surface area contributed by atoms with Crippen molar-refractivity contribution in [3.63, 3.8) is 0 Å². The first-order chi connectivity index (χ1) is 7.84. The lowest BCUT2D eigenvalue weighted by atomic mass is 10.3. The lowest BCUT2D eigenvalue weighted by Gasteiger charge is -2.14. The zero-order valence-electron chi connectivity index (χ0n) is 10.1. The summed E-state index contributed by atoms with van der Waals surface area (Å²) < 4.78 is 0. The van der Waals surface area contributed by atoms with Crippen LogP contribution in [0.4, 0.5) is 5.82 Å². The number of nitrogens with zero attached hydrogens (tertiary/aromatic N) is 2. The molecule has 3 nitrogen and oxygen atoms in total. The molecule has 2 heterocycles. The molecular formula is C13H21N3. The standard InChI is InChI=1S/C13H21N3/c1-12-6-4-7-13(15-12)14-8-5-11-16-9-2-3-10-16/h4,6-7H,2-3,5,8-11H2,1H3,(H,14,15). The highest BCUT2D eigenvalue weighted by atomic mass is 15.1. The maximum absolute atomic E-state index is 4.42. The van der Waals surface area contributed by atoms with Crippen molar-refractivity contribution in [2.45, 2.75) is 26.2 Å². The predicted molar refractivity (Wildman–Crippen MR) is 67.8 cm³/mol. The van der Waals surface area contributed by atoms with Crippen LogP contribution in [-0.2, 0) is 0 Å². The van der Waals surface area contributed by atoms with Crippen LogP contribution in [-0.4, -0.2) is 36.1 Å². The van der Waals surface area contributed by atoms with Crippen LogP contribution in [0.15, 0.2) is 18.2 Å². The number of likely N-dealkylation sites (tertiary alicyclic amines) is 1. The van der Waals surface area contributed by atoms with Gasteiger partial charge in [0.2, 0.25) is 0 Å². The second-order valence-electron chi connectivity index (χ2n) is 4.49. The lowest BCUT2D eigenvalue weighted by Crippen LogP contribution is -2.22. The van der Waals surface area contributed by atoms with Gasteiger partial charge < -0.3 is 10.2 Å². The second-order valence-corrected chi connectivity index (χ2v) is 4.49. The lowest BCUT2D eigenvalue weighted by molar-refractivity contribution is 0.337. The van der Waals surface area contributed by atoms with Gasteiger partial charge in [0.1, 0.15) is 5.82 Å². The van der Waals surface area contributed by atoms with E-state index in [9.17, 15) is 0 Å². The molecule has 2 rings (SSSR count). The topological polar surface area (TPSA) is 28.2 Å². The van der Waals surface area contributed by atoms with Crippen molar-refractivity contribution in [3.05, 3.63) is 23.9 Å². The quantitative estimate of drug-likeness (QED) is 0.770. The zero-order chi connectivity index (χ0) is 11.2. The van der Waals surface area contributed by atoms with Crippen molar-refractivity contribution in [1.29, 1.82) is 0 Å². The molecule has 1 aromatic rings. The number of pyridine rings is 1. The van der Waals surface area contributed by atoms with Gasteiger partial charge in [0.25, 0.3) is 0 Å². The van der Waals surface area contributed by atoms with Gasteiger partial charge in [-0.15, -0.1) is 0 Å². The molecule has 16 heavy (non-hydrogen) atoms.